The van der Waals surface area contributed by atoms with Crippen molar-refractivity contribution in [3.05, 3.63) is 84.4 Å². The number of anilines is 2. The SMILES string of the molecule is COc1ccc(N(Cc2ccccc2O)C(=S)Nc2ccccc2)cc1. The Labute approximate surface area is 158 Å². The van der Waals surface area contributed by atoms with Gasteiger partial charge in [0.2, 0.25) is 0 Å². The average Bonchev–Trinajstić information content (AvgIpc) is 2.68. The van der Waals surface area contributed by atoms with Gasteiger partial charge in [0.15, 0.2) is 5.11 Å². The molecule has 3 aromatic carbocycles. The van der Waals surface area contributed by atoms with Crippen molar-refractivity contribution in [1.82, 2.24) is 0 Å². The minimum absolute atomic E-state index is 0.244. The lowest BCUT2D eigenvalue weighted by atomic mass is 10.1. The molecule has 0 aromatic heterocycles. The fourth-order valence-electron chi connectivity index (χ4n) is 2.57. The maximum Gasteiger partial charge on any atom is 0.178 e. The Bertz CT molecular complexity index is 867. The molecule has 0 aliphatic heterocycles. The third-order valence-corrected chi connectivity index (χ3v) is 4.30. The summed E-state index contributed by atoms with van der Waals surface area (Å²) in [7, 11) is 1.64. The number of benzene rings is 3. The summed E-state index contributed by atoms with van der Waals surface area (Å²) in [5, 5.41) is 13.9. The summed E-state index contributed by atoms with van der Waals surface area (Å²) < 4.78 is 5.24. The number of methoxy groups -OCH3 is 1. The van der Waals surface area contributed by atoms with Gasteiger partial charge in [0.25, 0.3) is 0 Å². The second-order valence-corrected chi connectivity index (χ2v) is 6.10. The molecule has 26 heavy (non-hydrogen) atoms. The van der Waals surface area contributed by atoms with Gasteiger partial charge in [-0.1, -0.05) is 36.4 Å². The van der Waals surface area contributed by atoms with Gasteiger partial charge >= 0.3 is 0 Å². The van der Waals surface area contributed by atoms with Crippen molar-refractivity contribution in [2.24, 2.45) is 0 Å². The summed E-state index contributed by atoms with van der Waals surface area (Å²) in [6, 6.07) is 24.7. The topological polar surface area (TPSA) is 44.7 Å². The molecule has 0 saturated carbocycles. The van der Waals surface area contributed by atoms with E-state index in [2.05, 4.69) is 5.32 Å². The number of ether oxygens (including phenoxy) is 1. The normalized spacial score (nSPS) is 10.2. The first-order valence-corrected chi connectivity index (χ1v) is 8.62. The number of phenols is 1. The van der Waals surface area contributed by atoms with Gasteiger partial charge in [0.05, 0.1) is 13.7 Å². The Hall–Kier alpha value is -3.05. The van der Waals surface area contributed by atoms with Crippen molar-refractivity contribution in [2.45, 2.75) is 6.54 Å². The fourth-order valence-corrected chi connectivity index (χ4v) is 2.86. The van der Waals surface area contributed by atoms with Crippen LogP contribution in [0.4, 0.5) is 11.4 Å². The Morgan fingerprint density at radius 3 is 2.27 bits per heavy atom. The minimum Gasteiger partial charge on any atom is -0.508 e. The molecule has 0 unspecified atom stereocenters. The summed E-state index contributed by atoms with van der Waals surface area (Å²) in [6.07, 6.45) is 0. The quantitative estimate of drug-likeness (QED) is 0.637. The maximum absolute atomic E-state index is 10.1. The highest BCUT2D eigenvalue weighted by Gasteiger charge is 2.15. The molecule has 3 aromatic rings. The molecular formula is C21H20N2O2S. The second-order valence-electron chi connectivity index (χ2n) is 5.71. The van der Waals surface area contributed by atoms with E-state index in [9.17, 15) is 5.11 Å². The summed E-state index contributed by atoms with van der Waals surface area (Å²) in [4.78, 5) is 1.94. The van der Waals surface area contributed by atoms with Crippen LogP contribution in [0, 0.1) is 0 Å². The predicted molar refractivity (Wildman–Crippen MR) is 110 cm³/mol. The molecule has 0 radical (unpaired) electrons. The summed E-state index contributed by atoms with van der Waals surface area (Å²) in [6.45, 7) is 0.442. The van der Waals surface area contributed by atoms with Gasteiger partial charge in [-0.25, -0.2) is 0 Å². The summed E-state index contributed by atoms with van der Waals surface area (Å²) >= 11 is 5.65. The fraction of sp³-hybridized carbons (Fsp3) is 0.0952. The van der Waals surface area contributed by atoms with Crippen LogP contribution in [0.1, 0.15) is 5.56 Å². The lowest BCUT2D eigenvalue weighted by Gasteiger charge is -2.26. The smallest absolute Gasteiger partial charge is 0.178 e. The van der Waals surface area contributed by atoms with Gasteiger partial charge in [0.1, 0.15) is 11.5 Å². The van der Waals surface area contributed by atoms with Gasteiger partial charge in [-0.2, -0.15) is 0 Å². The van der Waals surface area contributed by atoms with Crippen molar-refractivity contribution in [3.63, 3.8) is 0 Å². The van der Waals surface area contributed by atoms with E-state index in [0.29, 0.717) is 11.7 Å². The molecule has 0 aliphatic carbocycles. The zero-order chi connectivity index (χ0) is 18.4. The van der Waals surface area contributed by atoms with E-state index >= 15 is 0 Å². The number of hydrogen-bond donors (Lipinski definition) is 2. The number of para-hydroxylation sites is 2. The van der Waals surface area contributed by atoms with Crippen LogP contribution in [0.5, 0.6) is 11.5 Å². The first kappa shape index (κ1) is 17.8. The highest BCUT2D eigenvalue weighted by Crippen LogP contribution is 2.25. The summed E-state index contributed by atoms with van der Waals surface area (Å²) in [5.74, 6) is 1.02. The molecule has 132 valence electrons. The monoisotopic (exact) mass is 364 g/mol. The molecule has 0 aliphatic rings. The van der Waals surface area contributed by atoms with E-state index in [4.69, 9.17) is 17.0 Å². The number of hydrogen-bond acceptors (Lipinski definition) is 3. The average molecular weight is 364 g/mol. The van der Waals surface area contributed by atoms with Crippen molar-refractivity contribution in [1.29, 1.82) is 0 Å². The first-order valence-electron chi connectivity index (χ1n) is 8.22. The highest BCUT2D eigenvalue weighted by molar-refractivity contribution is 7.80. The van der Waals surface area contributed by atoms with Gasteiger partial charge in [-0.15, -0.1) is 0 Å². The van der Waals surface area contributed by atoms with Crippen molar-refractivity contribution in [3.8, 4) is 11.5 Å². The van der Waals surface area contributed by atoms with Gasteiger partial charge in [-0.05, 0) is 54.7 Å². The number of nitrogens with zero attached hydrogens (tertiary/aromatic N) is 1. The number of nitrogens with one attached hydrogen (secondary N) is 1. The van der Waals surface area contributed by atoms with E-state index in [1.54, 1.807) is 19.2 Å². The molecule has 4 nitrogen and oxygen atoms in total. The molecule has 0 bridgehead atoms. The Balaban J connectivity index is 1.89. The van der Waals surface area contributed by atoms with Crippen LogP contribution in [0.25, 0.3) is 0 Å². The van der Waals surface area contributed by atoms with Crippen LogP contribution >= 0.6 is 12.2 Å². The summed E-state index contributed by atoms with van der Waals surface area (Å²) in [5.41, 5.74) is 2.61. The van der Waals surface area contributed by atoms with Gasteiger partial charge in [0, 0.05) is 16.9 Å². The molecule has 3 rings (SSSR count). The molecule has 0 spiro atoms. The lowest BCUT2D eigenvalue weighted by molar-refractivity contribution is 0.415. The van der Waals surface area contributed by atoms with E-state index < -0.39 is 0 Å². The van der Waals surface area contributed by atoms with Crippen molar-refractivity contribution >= 4 is 28.7 Å². The third-order valence-electron chi connectivity index (χ3n) is 3.97. The van der Waals surface area contributed by atoms with Crippen molar-refractivity contribution in [2.75, 3.05) is 17.3 Å². The van der Waals surface area contributed by atoms with Crippen molar-refractivity contribution < 1.29 is 9.84 Å². The minimum atomic E-state index is 0.244. The first-order chi connectivity index (χ1) is 12.7. The molecule has 0 atom stereocenters. The third kappa shape index (κ3) is 4.32. The molecular weight excluding hydrogens is 344 g/mol. The maximum atomic E-state index is 10.1. The number of thiocarbonyl (C=S) groups is 1. The van der Waals surface area contributed by atoms with E-state index in [1.807, 2.05) is 71.6 Å². The zero-order valence-corrected chi connectivity index (χ0v) is 15.2. The molecule has 0 saturated heterocycles. The van der Waals surface area contributed by atoms with Crippen LogP contribution in [0.2, 0.25) is 0 Å². The Morgan fingerprint density at radius 1 is 0.962 bits per heavy atom. The Morgan fingerprint density at radius 2 is 1.62 bits per heavy atom. The highest BCUT2D eigenvalue weighted by atomic mass is 32.1. The largest absolute Gasteiger partial charge is 0.508 e. The molecule has 0 fully saturated rings. The van der Waals surface area contributed by atoms with Gasteiger partial charge < -0.3 is 20.1 Å². The van der Waals surface area contributed by atoms with E-state index in [1.165, 1.54) is 0 Å². The van der Waals surface area contributed by atoms with Crippen LogP contribution < -0.4 is 15.0 Å². The lowest BCUT2D eigenvalue weighted by Crippen LogP contribution is -2.34. The molecule has 2 N–H and O–H groups in total. The number of phenolic OH excluding ortho intramolecular Hbond substituents is 1. The van der Waals surface area contributed by atoms with Crippen LogP contribution in [0.15, 0.2) is 78.9 Å². The Kier molecular flexibility index (Phi) is 5.71. The predicted octanol–water partition coefficient (Wildman–Crippen LogP) is 4.80. The molecule has 0 heterocycles. The zero-order valence-electron chi connectivity index (χ0n) is 14.4. The molecule has 0 amide bonds. The second kappa shape index (κ2) is 8.36. The van der Waals surface area contributed by atoms with Gasteiger partial charge in [-0.3, -0.25) is 0 Å². The number of aromatic hydroxyl groups is 1. The number of rotatable bonds is 5. The van der Waals surface area contributed by atoms with Crippen LogP contribution in [-0.4, -0.2) is 17.3 Å². The van der Waals surface area contributed by atoms with E-state index in [-0.39, 0.29) is 5.75 Å². The molecule has 5 heteroatoms. The standard InChI is InChI=1S/C21H20N2O2S/c1-25-19-13-11-18(12-14-19)23(15-16-7-5-6-10-20(16)24)21(26)22-17-8-3-2-4-9-17/h2-14,24H,15H2,1H3,(H,22,26). The van der Waals surface area contributed by atoms with E-state index in [0.717, 1.165) is 22.7 Å². The van der Waals surface area contributed by atoms with Crippen LogP contribution in [0.3, 0.4) is 0 Å². The van der Waals surface area contributed by atoms with Crippen LogP contribution in [-0.2, 0) is 6.54 Å².